The van der Waals surface area contributed by atoms with Gasteiger partial charge < -0.3 is 23.8 Å². The molecule has 1 saturated heterocycles. The summed E-state index contributed by atoms with van der Waals surface area (Å²) in [7, 11) is 3.19. The van der Waals surface area contributed by atoms with Crippen molar-refractivity contribution in [3.63, 3.8) is 0 Å². The lowest BCUT2D eigenvalue weighted by Gasteiger charge is -2.37. The van der Waals surface area contributed by atoms with E-state index in [4.69, 9.17) is 9.47 Å². The summed E-state index contributed by atoms with van der Waals surface area (Å²) in [5.41, 5.74) is 2.33. The Labute approximate surface area is 170 Å². The second kappa shape index (κ2) is 8.19. The smallest absolute Gasteiger partial charge is 0.259 e. The number of anilines is 1. The van der Waals surface area contributed by atoms with Crippen LogP contribution in [0.25, 0.3) is 0 Å². The second-order valence-corrected chi connectivity index (χ2v) is 7.43. The Bertz CT molecular complexity index is 961. The molecule has 2 aromatic rings. The molecule has 0 spiro atoms. The number of hydrogen-bond donors (Lipinski definition) is 0. The van der Waals surface area contributed by atoms with Gasteiger partial charge in [0.05, 0.1) is 19.9 Å². The lowest BCUT2D eigenvalue weighted by atomic mass is 10.0. The number of nitrogens with zero attached hydrogens (tertiary/aromatic N) is 3. The average molecular weight is 397 g/mol. The molecule has 3 heterocycles. The number of fused-ring (bicyclic) bond motifs is 1. The van der Waals surface area contributed by atoms with Gasteiger partial charge in [0.2, 0.25) is 0 Å². The minimum absolute atomic E-state index is 0.0489. The number of carbonyl (C=O) groups is 1. The van der Waals surface area contributed by atoms with Gasteiger partial charge in [-0.15, -0.1) is 0 Å². The highest BCUT2D eigenvalue weighted by Crippen LogP contribution is 2.30. The van der Waals surface area contributed by atoms with E-state index in [1.54, 1.807) is 11.7 Å². The molecule has 2 aliphatic rings. The maximum absolute atomic E-state index is 13.4. The summed E-state index contributed by atoms with van der Waals surface area (Å²) < 4.78 is 12.7. The van der Waals surface area contributed by atoms with Crippen LogP contribution in [0.15, 0.2) is 35.1 Å². The van der Waals surface area contributed by atoms with Crippen molar-refractivity contribution in [2.45, 2.75) is 25.8 Å². The number of pyridine rings is 1. The van der Waals surface area contributed by atoms with Crippen LogP contribution in [-0.2, 0) is 13.0 Å². The van der Waals surface area contributed by atoms with Crippen LogP contribution in [0, 0.1) is 0 Å². The fourth-order valence-corrected chi connectivity index (χ4v) is 4.33. The minimum Gasteiger partial charge on any atom is -0.496 e. The molecule has 0 aliphatic carbocycles. The van der Waals surface area contributed by atoms with E-state index in [0.717, 1.165) is 49.5 Å². The molecular weight excluding hydrogens is 370 g/mol. The van der Waals surface area contributed by atoms with Gasteiger partial charge in [0.25, 0.3) is 11.5 Å². The number of piperazine rings is 1. The lowest BCUT2D eigenvalue weighted by molar-refractivity contribution is 0.0740. The topological polar surface area (TPSA) is 64.0 Å². The van der Waals surface area contributed by atoms with E-state index in [1.807, 2.05) is 29.2 Å². The van der Waals surface area contributed by atoms with E-state index in [2.05, 4.69) is 4.90 Å². The van der Waals surface area contributed by atoms with Crippen LogP contribution in [0.1, 0.15) is 28.9 Å². The van der Waals surface area contributed by atoms with E-state index in [-0.39, 0.29) is 11.5 Å². The summed E-state index contributed by atoms with van der Waals surface area (Å²) in [6, 6.07) is 9.39. The highest BCUT2D eigenvalue weighted by Gasteiger charge is 2.30. The van der Waals surface area contributed by atoms with Gasteiger partial charge in [-0.05, 0) is 31.4 Å². The zero-order valence-electron chi connectivity index (χ0n) is 17.0. The molecule has 1 aromatic carbocycles. The standard InChI is InChI=1S/C22H27N3O4/c1-28-18-9-4-3-7-16(18)23-11-13-24(14-12-23)22(27)21-17-8-5-6-10-25(17)20(26)15-19(21)29-2/h3-4,7,9,15H,5-6,8,10-14H2,1-2H3. The lowest BCUT2D eigenvalue weighted by Crippen LogP contribution is -2.49. The Hall–Kier alpha value is -2.96. The number of para-hydroxylation sites is 2. The maximum atomic E-state index is 13.4. The third-order valence-electron chi connectivity index (χ3n) is 5.85. The third-order valence-corrected chi connectivity index (χ3v) is 5.85. The van der Waals surface area contributed by atoms with Gasteiger partial charge in [-0.25, -0.2) is 0 Å². The normalized spacial score (nSPS) is 16.3. The first-order chi connectivity index (χ1) is 14.1. The van der Waals surface area contributed by atoms with Gasteiger partial charge >= 0.3 is 0 Å². The number of methoxy groups -OCH3 is 2. The molecule has 0 bridgehead atoms. The third kappa shape index (κ3) is 3.57. The van der Waals surface area contributed by atoms with E-state index in [1.165, 1.54) is 13.2 Å². The Morgan fingerprint density at radius 3 is 2.38 bits per heavy atom. The van der Waals surface area contributed by atoms with E-state index in [9.17, 15) is 9.59 Å². The molecule has 0 radical (unpaired) electrons. The zero-order valence-corrected chi connectivity index (χ0v) is 17.0. The summed E-state index contributed by atoms with van der Waals surface area (Å²) in [6.45, 7) is 3.34. The Morgan fingerprint density at radius 1 is 0.931 bits per heavy atom. The quantitative estimate of drug-likeness (QED) is 0.791. The molecule has 0 unspecified atom stereocenters. The zero-order chi connectivity index (χ0) is 20.4. The van der Waals surface area contributed by atoms with Crippen molar-refractivity contribution in [2.75, 3.05) is 45.3 Å². The van der Waals surface area contributed by atoms with Crippen molar-refractivity contribution in [2.24, 2.45) is 0 Å². The van der Waals surface area contributed by atoms with Crippen molar-refractivity contribution in [1.29, 1.82) is 0 Å². The molecule has 4 rings (SSSR count). The molecule has 29 heavy (non-hydrogen) atoms. The number of benzene rings is 1. The summed E-state index contributed by atoms with van der Waals surface area (Å²) in [4.78, 5) is 29.9. The predicted molar refractivity (Wildman–Crippen MR) is 111 cm³/mol. The first kappa shape index (κ1) is 19.4. The highest BCUT2D eigenvalue weighted by molar-refractivity contribution is 5.98. The van der Waals surface area contributed by atoms with Crippen LogP contribution in [0.2, 0.25) is 0 Å². The Kier molecular flexibility index (Phi) is 5.47. The monoisotopic (exact) mass is 397 g/mol. The maximum Gasteiger partial charge on any atom is 0.259 e. The Morgan fingerprint density at radius 2 is 1.66 bits per heavy atom. The summed E-state index contributed by atoms with van der Waals surface area (Å²) >= 11 is 0. The van der Waals surface area contributed by atoms with Crippen molar-refractivity contribution < 1.29 is 14.3 Å². The molecule has 0 saturated carbocycles. The van der Waals surface area contributed by atoms with Gasteiger partial charge in [0, 0.05) is 44.5 Å². The fourth-order valence-electron chi connectivity index (χ4n) is 4.33. The SMILES string of the molecule is COc1ccccc1N1CCN(C(=O)c2c(OC)cc(=O)n3c2CCCC3)CC1. The van der Waals surface area contributed by atoms with Crippen LogP contribution >= 0.6 is 0 Å². The van der Waals surface area contributed by atoms with Gasteiger partial charge in [-0.1, -0.05) is 12.1 Å². The fraction of sp³-hybridized carbons (Fsp3) is 0.455. The molecule has 154 valence electrons. The molecule has 7 heteroatoms. The molecule has 7 nitrogen and oxygen atoms in total. The number of amides is 1. The van der Waals surface area contributed by atoms with Crippen molar-refractivity contribution in [1.82, 2.24) is 9.47 Å². The number of rotatable bonds is 4. The van der Waals surface area contributed by atoms with Gasteiger partial charge in [-0.2, -0.15) is 0 Å². The number of ether oxygens (including phenoxy) is 2. The largest absolute Gasteiger partial charge is 0.496 e. The molecule has 1 aromatic heterocycles. The molecular formula is C22H27N3O4. The molecule has 1 fully saturated rings. The van der Waals surface area contributed by atoms with Crippen LogP contribution in [0.5, 0.6) is 11.5 Å². The summed E-state index contributed by atoms with van der Waals surface area (Å²) in [5, 5.41) is 0. The van der Waals surface area contributed by atoms with Crippen molar-refractivity contribution in [3.05, 3.63) is 51.9 Å². The van der Waals surface area contributed by atoms with Crippen LogP contribution in [0.3, 0.4) is 0 Å². The first-order valence-corrected chi connectivity index (χ1v) is 10.1. The Balaban J connectivity index is 1.57. The molecule has 0 N–H and O–H groups in total. The number of hydrogen-bond acceptors (Lipinski definition) is 5. The number of carbonyl (C=O) groups excluding carboxylic acids is 1. The minimum atomic E-state index is -0.0888. The van der Waals surface area contributed by atoms with E-state index >= 15 is 0 Å². The second-order valence-electron chi connectivity index (χ2n) is 7.43. The van der Waals surface area contributed by atoms with Crippen molar-refractivity contribution in [3.8, 4) is 11.5 Å². The van der Waals surface area contributed by atoms with Crippen LogP contribution < -0.4 is 19.9 Å². The summed E-state index contributed by atoms with van der Waals surface area (Å²) in [5.74, 6) is 1.18. The summed E-state index contributed by atoms with van der Waals surface area (Å²) in [6.07, 6.45) is 2.67. The van der Waals surface area contributed by atoms with E-state index < -0.39 is 0 Å². The molecule has 2 aliphatic heterocycles. The molecule has 1 amide bonds. The van der Waals surface area contributed by atoms with Gasteiger partial charge in [0.1, 0.15) is 17.1 Å². The van der Waals surface area contributed by atoms with E-state index in [0.29, 0.717) is 30.9 Å². The predicted octanol–water partition coefficient (Wildman–Crippen LogP) is 2.16. The highest BCUT2D eigenvalue weighted by atomic mass is 16.5. The van der Waals surface area contributed by atoms with Crippen molar-refractivity contribution >= 4 is 11.6 Å². The molecule has 0 atom stereocenters. The average Bonchev–Trinajstić information content (AvgIpc) is 2.78. The number of aromatic nitrogens is 1. The van der Waals surface area contributed by atoms with Gasteiger partial charge in [-0.3, -0.25) is 9.59 Å². The van der Waals surface area contributed by atoms with Crippen LogP contribution in [0.4, 0.5) is 5.69 Å². The first-order valence-electron chi connectivity index (χ1n) is 10.1. The van der Waals surface area contributed by atoms with Gasteiger partial charge in [0.15, 0.2) is 0 Å². The van der Waals surface area contributed by atoms with Crippen LogP contribution in [-0.4, -0.2) is 55.8 Å².